The van der Waals surface area contributed by atoms with E-state index in [1.807, 2.05) is 0 Å². The Morgan fingerprint density at radius 1 is 1.38 bits per heavy atom. The Labute approximate surface area is 95.6 Å². The number of hydrogen-bond donors (Lipinski definition) is 1. The number of ether oxygens (including phenoxy) is 2. The summed E-state index contributed by atoms with van der Waals surface area (Å²) < 4.78 is 23.9. The van der Waals surface area contributed by atoms with Gasteiger partial charge >= 0.3 is 0 Å². The molecule has 0 spiro atoms. The smallest absolute Gasteiger partial charge is 0.169 e. The molecule has 0 aliphatic heterocycles. The molecule has 90 valence electrons. The normalized spacial score (nSPS) is 12.5. The van der Waals surface area contributed by atoms with Crippen LogP contribution in [-0.4, -0.2) is 27.9 Å². The lowest BCUT2D eigenvalue weighted by Gasteiger charge is -2.17. The van der Waals surface area contributed by atoms with Crippen molar-refractivity contribution in [2.24, 2.45) is 0 Å². The Balaban J connectivity index is 2.91. The minimum absolute atomic E-state index is 0.0601. The molecule has 0 radical (unpaired) electrons. The molecule has 1 aromatic rings. The molecule has 1 atom stereocenters. The summed E-state index contributed by atoms with van der Waals surface area (Å²) in [7, 11) is 4.90. The van der Waals surface area contributed by atoms with Crippen molar-refractivity contribution < 1.29 is 13.9 Å². The van der Waals surface area contributed by atoms with Crippen LogP contribution in [0.2, 0.25) is 0 Å². The fourth-order valence-electron chi connectivity index (χ4n) is 1.65. The molecule has 0 amide bonds. The summed E-state index contributed by atoms with van der Waals surface area (Å²) >= 11 is 0. The van der Waals surface area contributed by atoms with Crippen molar-refractivity contribution in [2.75, 3.05) is 27.9 Å². The van der Waals surface area contributed by atoms with Crippen LogP contribution >= 0.6 is 0 Å². The zero-order valence-corrected chi connectivity index (χ0v) is 9.92. The molecule has 1 aromatic carbocycles. The maximum Gasteiger partial charge on any atom is 0.169 e. The van der Waals surface area contributed by atoms with E-state index in [0.29, 0.717) is 12.2 Å². The van der Waals surface area contributed by atoms with Gasteiger partial charge in [0.25, 0.3) is 0 Å². The third-order valence-corrected chi connectivity index (χ3v) is 2.55. The molecule has 3 nitrogen and oxygen atoms in total. The van der Waals surface area contributed by atoms with Crippen LogP contribution in [0.4, 0.5) is 4.39 Å². The van der Waals surface area contributed by atoms with E-state index in [9.17, 15) is 4.39 Å². The van der Waals surface area contributed by atoms with Gasteiger partial charge in [0.05, 0.1) is 7.11 Å². The molecule has 1 N–H and O–H groups in total. The highest BCUT2D eigenvalue weighted by Crippen LogP contribution is 2.26. The zero-order valence-electron chi connectivity index (χ0n) is 9.92. The molecule has 0 aliphatic carbocycles. The minimum atomic E-state index is -0.305. The summed E-state index contributed by atoms with van der Waals surface area (Å²) in [4.78, 5) is 0. The van der Waals surface area contributed by atoms with Crippen molar-refractivity contribution in [2.45, 2.75) is 12.5 Å². The second kappa shape index (κ2) is 6.45. The number of rotatable bonds is 6. The van der Waals surface area contributed by atoms with Crippen LogP contribution in [0.3, 0.4) is 0 Å². The summed E-state index contributed by atoms with van der Waals surface area (Å²) in [5, 5.41) is 3.07. The Bertz CT molecular complexity index is 331. The SMILES string of the molecule is CNC(CCOC)c1cccc(OC)c1F. The molecule has 0 aromatic heterocycles. The van der Waals surface area contributed by atoms with Crippen LogP contribution in [0.25, 0.3) is 0 Å². The molecule has 0 saturated carbocycles. The van der Waals surface area contributed by atoms with Crippen molar-refractivity contribution in [1.82, 2.24) is 5.32 Å². The molecule has 0 fully saturated rings. The number of hydrogen-bond acceptors (Lipinski definition) is 3. The van der Waals surface area contributed by atoms with Crippen LogP contribution in [-0.2, 0) is 4.74 Å². The highest BCUT2D eigenvalue weighted by Gasteiger charge is 2.16. The Hall–Kier alpha value is -1.13. The number of benzene rings is 1. The predicted octanol–water partition coefficient (Wildman–Crippen LogP) is 2.13. The van der Waals surface area contributed by atoms with Gasteiger partial charge in [0.15, 0.2) is 11.6 Å². The molecule has 16 heavy (non-hydrogen) atoms. The third-order valence-electron chi connectivity index (χ3n) is 2.55. The van der Waals surface area contributed by atoms with Crippen molar-refractivity contribution in [3.05, 3.63) is 29.6 Å². The van der Waals surface area contributed by atoms with Crippen molar-refractivity contribution >= 4 is 0 Å². The molecule has 0 saturated heterocycles. The van der Waals surface area contributed by atoms with Gasteiger partial charge in [0.1, 0.15) is 0 Å². The predicted molar refractivity (Wildman–Crippen MR) is 61.2 cm³/mol. The van der Waals surface area contributed by atoms with E-state index >= 15 is 0 Å². The lowest BCUT2D eigenvalue weighted by Crippen LogP contribution is -2.19. The first kappa shape index (κ1) is 12.9. The first-order chi connectivity index (χ1) is 7.74. The topological polar surface area (TPSA) is 30.5 Å². The average molecular weight is 227 g/mol. The lowest BCUT2D eigenvalue weighted by atomic mass is 10.0. The standard InChI is InChI=1S/C12H18FNO2/c1-14-10(7-8-15-2)9-5-4-6-11(16-3)12(9)13/h4-6,10,14H,7-8H2,1-3H3. The molecule has 4 heteroatoms. The van der Waals surface area contributed by atoms with Gasteiger partial charge in [-0.05, 0) is 19.5 Å². The number of nitrogens with one attached hydrogen (secondary N) is 1. The van der Waals surface area contributed by atoms with E-state index in [1.54, 1.807) is 32.4 Å². The fraction of sp³-hybridized carbons (Fsp3) is 0.500. The van der Waals surface area contributed by atoms with Gasteiger partial charge in [0, 0.05) is 25.3 Å². The Kier molecular flexibility index (Phi) is 5.22. The van der Waals surface area contributed by atoms with Crippen LogP contribution in [0.15, 0.2) is 18.2 Å². The van der Waals surface area contributed by atoms with Gasteiger partial charge in [-0.15, -0.1) is 0 Å². The van der Waals surface area contributed by atoms with Gasteiger partial charge in [-0.1, -0.05) is 12.1 Å². The highest BCUT2D eigenvalue weighted by molar-refractivity contribution is 5.33. The molecular weight excluding hydrogens is 209 g/mol. The van der Waals surface area contributed by atoms with Gasteiger partial charge in [-0.25, -0.2) is 4.39 Å². The van der Waals surface area contributed by atoms with E-state index < -0.39 is 0 Å². The van der Waals surface area contributed by atoms with Gasteiger partial charge in [-0.2, -0.15) is 0 Å². The van der Waals surface area contributed by atoms with Gasteiger partial charge < -0.3 is 14.8 Å². The Morgan fingerprint density at radius 3 is 2.69 bits per heavy atom. The zero-order chi connectivity index (χ0) is 12.0. The number of halogens is 1. The molecular formula is C12H18FNO2. The van der Waals surface area contributed by atoms with Crippen LogP contribution < -0.4 is 10.1 Å². The average Bonchev–Trinajstić information content (AvgIpc) is 2.32. The van der Waals surface area contributed by atoms with Crippen molar-refractivity contribution in [3.8, 4) is 5.75 Å². The summed E-state index contributed by atoms with van der Waals surface area (Å²) in [5.41, 5.74) is 0.610. The maximum atomic E-state index is 13.9. The number of methoxy groups -OCH3 is 2. The summed E-state index contributed by atoms with van der Waals surface area (Å²) in [6, 6.07) is 5.10. The van der Waals surface area contributed by atoms with Gasteiger partial charge in [-0.3, -0.25) is 0 Å². The van der Waals surface area contributed by atoms with E-state index in [1.165, 1.54) is 7.11 Å². The molecule has 0 aliphatic rings. The molecule has 1 rings (SSSR count). The maximum absolute atomic E-state index is 13.9. The first-order valence-corrected chi connectivity index (χ1v) is 5.23. The summed E-state index contributed by atoms with van der Waals surface area (Å²) in [6.45, 7) is 0.585. The first-order valence-electron chi connectivity index (χ1n) is 5.23. The molecule has 1 unspecified atom stereocenters. The van der Waals surface area contributed by atoms with E-state index in [2.05, 4.69) is 5.32 Å². The quantitative estimate of drug-likeness (QED) is 0.807. The molecule has 0 bridgehead atoms. The third kappa shape index (κ3) is 2.93. The van der Waals surface area contributed by atoms with Crippen molar-refractivity contribution in [1.29, 1.82) is 0 Å². The minimum Gasteiger partial charge on any atom is -0.494 e. The second-order valence-corrected chi connectivity index (χ2v) is 3.49. The molecule has 0 heterocycles. The van der Waals surface area contributed by atoms with E-state index in [0.717, 1.165) is 6.42 Å². The largest absolute Gasteiger partial charge is 0.494 e. The monoisotopic (exact) mass is 227 g/mol. The van der Waals surface area contributed by atoms with Crippen molar-refractivity contribution in [3.63, 3.8) is 0 Å². The Morgan fingerprint density at radius 2 is 2.12 bits per heavy atom. The lowest BCUT2D eigenvalue weighted by molar-refractivity contribution is 0.183. The van der Waals surface area contributed by atoms with E-state index in [-0.39, 0.29) is 17.6 Å². The van der Waals surface area contributed by atoms with E-state index in [4.69, 9.17) is 9.47 Å². The van der Waals surface area contributed by atoms with Gasteiger partial charge in [0.2, 0.25) is 0 Å². The fourth-order valence-corrected chi connectivity index (χ4v) is 1.65. The van der Waals surface area contributed by atoms with Crippen LogP contribution in [0.1, 0.15) is 18.0 Å². The van der Waals surface area contributed by atoms with Crippen LogP contribution in [0.5, 0.6) is 5.75 Å². The summed E-state index contributed by atoms with van der Waals surface area (Å²) in [6.07, 6.45) is 0.719. The highest BCUT2D eigenvalue weighted by atomic mass is 19.1. The summed E-state index contributed by atoms with van der Waals surface area (Å²) in [5.74, 6) is -0.0318. The second-order valence-electron chi connectivity index (χ2n) is 3.49. The van der Waals surface area contributed by atoms with Crippen LogP contribution in [0, 0.1) is 5.82 Å².